The van der Waals surface area contributed by atoms with Crippen molar-refractivity contribution in [1.82, 2.24) is 20.1 Å². The molecule has 5 N–H and O–H groups in total. The van der Waals surface area contributed by atoms with E-state index in [-0.39, 0.29) is 11.8 Å². The summed E-state index contributed by atoms with van der Waals surface area (Å²) in [5, 5.41) is 40.5. The highest BCUT2D eigenvalue weighted by Gasteiger charge is 2.72. The lowest BCUT2D eigenvalue weighted by Crippen LogP contribution is -2.74. The normalized spacial score (nSPS) is 30.5. The minimum absolute atomic E-state index is 0.0143. The topological polar surface area (TPSA) is 132 Å². The molecule has 3 fully saturated rings. The van der Waals surface area contributed by atoms with Crippen LogP contribution in [0, 0.1) is 17.4 Å². The number of aliphatic imine (C=N–C) groups is 1. The molecule has 0 amide bonds. The Morgan fingerprint density at radius 2 is 2.05 bits per heavy atom. The second-order valence-electron chi connectivity index (χ2n) is 13.8. The third-order valence-electron chi connectivity index (χ3n) is 11.5. The molecule has 3 aliphatic heterocycles. The minimum atomic E-state index is -1.03. The third-order valence-corrected chi connectivity index (χ3v) is 11.5. The Morgan fingerprint density at radius 3 is 2.86 bits per heavy atom. The first-order chi connectivity index (χ1) is 21.5. The van der Waals surface area contributed by atoms with Crippen LogP contribution in [0.1, 0.15) is 60.6 Å². The second kappa shape index (κ2) is 9.61. The fourth-order valence-corrected chi connectivity index (χ4v) is 9.31. The van der Waals surface area contributed by atoms with Gasteiger partial charge in [-0.1, -0.05) is 6.07 Å². The van der Waals surface area contributed by atoms with Gasteiger partial charge in [-0.05, 0) is 99.5 Å². The molecule has 10 heteroatoms. The van der Waals surface area contributed by atoms with Crippen molar-refractivity contribution < 1.29 is 14.9 Å². The number of H-pyrrole nitrogens is 1. The van der Waals surface area contributed by atoms with Gasteiger partial charge in [0.25, 0.3) is 0 Å². The lowest BCUT2D eigenvalue weighted by atomic mass is 9.49. The van der Waals surface area contributed by atoms with Crippen molar-refractivity contribution in [2.45, 2.75) is 68.1 Å². The van der Waals surface area contributed by atoms with Crippen molar-refractivity contribution in [3.05, 3.63) is 52.7 Å². The number of aromatic nitrogens is 1. The summed E-state index contributed by atoms with van der Waals surface area (Å²) in [6, 6.07) is 9.92. The quantitative estimate of drug-likeness (QED) is 0.127. The molecule has 6 aliphatic rings. The maximum Gasteiger partial charge on any atom is 0.209 e. The molecule has 1 spiro atoms. The molecule has 1 aromatic heterocycles. The van der Waals surface area contributed by atoms with Gasteiger partial charge in [0.1, 0.15) is 0 Å². The summed E-state index contributed by atoms with van der Waals surface area (Å²) in [6.07, 6.45) is 8.70. The number of hydrogen-bond donors (Lipinski definition) is 5. The summed E-state index contributed by atoms with van der Waals surface area (Å²) >= 11 is 0. The highest BCUT2D eigenvalue weighted by molar-refractivity contribution is 5.97. The SMILES string of the molecule is N#CNC(=NCCN1CCCC1)Nc1ccc2[nH]c3c(c2c1)C[C@@]1(O)C2Cc4ccc(O)c5c4[C@@]1(CCN2CC1CC1)C3O5. The van der Waals surface area contributed by atoms with Gasteiger partial charge in [-0.2, -0.15) is 5.26 Å². The highest BCUT2D eigenvalue weighted by Crippen LogP contribution is 2.69. The average Bonchev–Trinajstić information content (AvgIpc) is 3.37. The summed E-state index contributed by atoms with van der Waals surface area (Å²) in [6.45, 7) is 5.68. The number of aromatic amines is 1. The van der Waals surface area contributed by atoms with Gasteiger partial charge >= 0.3 is 0 Å². The molecule has 0 radical (unpaired) electrons. The molecule has 44 heavy (non-hydrogen) atoms. The predicted octanol–water partition coefficient (Wildman–Crippen LogP) is 3.51. The van der Waals surface area contributed by atoms with E-state index in [1.807, 2.05) is 24.4 Å². The molecule has 3 aromatic rings. The van der Waals surface area contributed by atoms with Crippen LogP contribution >= 0.6 is 0 Å². The number of fused-ring (bicyclic) bond motifs is 4. The van der Waals surface area contributed by atoms with Crippen molar-refractivity contribution in [3.63, 3.8) is 0 Å². The fourth-order valence-electron chi connectivity index (χ4n) is 9.31. The summed E-state index contributed by atoms with van der Waals surface area (Å²) in [5.74, 6) is 1.86. The van der Waals surface area contributed by atoms with Gasteiger partial charge in [0.15, 0.2) is 23.8 Å². The van der Waals surface area contributed by atoms with Crippen LogP contribution in [0.25, 0.3) is 10.9 Å². The van der Waals surface area contributed by atoms with Crippen LogP contribution in [-0.4, -0.2) is 81.9 Å². The van der Waals surface area contributed by atoms with Crippen molar-refractivity contribution in [1.29, 1.82) is 5.26 Å². The molecule has 9 rings (SSSR count). The number of guanidine groups is 1. The number of hydrogen-bond acceptors (Lipinski definition) is 7. The molecule has 2 bridgehead atoms. The summed E-state index contributed by atoms with van der Waals surface area (Å²) in [7, 11) is 0. The van der Waals surface area contributed by atoms with Crippen molar-refractivity contribution in [3.8, 4) is 17.7 Å². The number of benzene rings is 2. The van der Waals surface area contributed by atoms with E-state index in [1.165, 1.54) is 31.2 Å². The lowest BCUT2D eigenvalue weighted by Gasteiger charge is -2.62. The minimum Gasteiger partial charge on any atom is -0.504 e. The first-order valence-corrected chi connectivity index (χ1v) is 16.3. The number of phenols is 1. The van der Waals surface area contributed by atoms with E-state index in [1.54, 1.807) is 6.07 Å². The lowest BCUT2D eigenvalue weighted by molar-refractivity contribution is -0.173. The van der Waals surface area contributed by atoms with E-state index in [0.717, 1.165) is 84.9 Å². The monoisotopic (exact) mass is 593 g/mol. The summed E-state index contributed by atoms with van der Waals surface area (Å²) < 4.78 is 6.73. The molecule has 2 unspecified atom stereocenters. The Balaban J connectivity index is 1.10. The summed E-state index contributed by atoms with van der Waals surface area (Å²) in [5.41, 5.74) is 4.44. The molecular weight excluding hydrogens is 554 g/mol. The van der Waals surface area contributed by atoms with E-state index in [0.29, 0.717) is 24.7 Å². The maximum atomic E-state index is 13.1. The molecule has 1 saturated carbocycles. The molecule has 4 heterocycles. The molecule has 2 aromatic carbocycles. The second-order valence-corrected chi connectivity index (χ2v) is 13.8. The fraction of sp³-hybridized carbons (Fsp3) is 0.529. The van der Waals surface area contributed by atoms with Crippen LogP contribution in [-0.2, 0) is 18.3 Å². The van der Waals surface area contributed by atoms with Gasteiger partial charge in [-0.3, -0.25) is 15.2 Å². The Hall–Kier alpha value is -3.78. The maximum absolute atomic E-state index is 13.1. The number of phenolic OH excluding ortho intramolecular Hbond substituents is 1. The van der Waals surface area contributed by atoms with E-state index in [2.05, 4.69) is 36.5 Å². The van der Waals surface area contributed by atoms with Crippen LogP contribution in [0.5, 0.6) is 11.5 Å². The largest absolute Gasteiger partial charge is 0.504 e. The first-order valence-electron chi connectivity index (χ1n) is 16.3. The molecule has 3 aliphatic carbocycles. The number of anilines is 1. The number of ether oxygens (including phenoxy) is 1. The smallest absolute Gasteiger partial charge is 0.209 e. The van der Waals surface area contributed by atoms with Gasteiger partial charge in [0, 0.05) is 47.7 Å². The number of aromatic hydroxyl groups is 1. The van der Waals surface area contributed by atoms with Gasteiger partial charge in [0.05, 0.1) is 23.3 Å². The first kappa shape index (κ1) is 26.6. The number of piperidine rings is 1. The van der Waals surface area contributed by atoms with E-state index < -0.39 is 17.1 Å². The zero-order valence-corrected chi connectivity index (χ0v) is 24.9. The zero-order valence-electron chi connectivity index (χ0n) is 24.9. The van der Waals surface area contributed by atoms with Crippen molar-refractivity contribution in [2.24, 2.45) is 10.9 Å². The number of nitriles is 1. The van der Waals surface area contributed by atoms with Crippen LogP contribution in [0.3, 0.4) is 0 Å². The Bertz CT molecular complexity index is 1730. The number of aliphatic hydroxyl groups is 1. The number of rotatable bonds is 6. The number of likely N-dealkylation sites (tertiary alicyclic amines) is 2. The predicted molar refractivity (Wildman–Crippen MR) is 167 cm³/mol. The van der Waals surface area contributed by atoms with Crippen LogP contribution in [0.2, 0.25) is 0 Å². The third kappa shape index (κ3) is 3.73. The number of nitrogens with zero attached hydrogens (tertiary/aromatic N) is 4. The molecule has 10 nitrogen and oxygen atoms in total. The molecular formula is C34H39N7O3. The van der Waals surface area contributed by atoms with Crippen LogP contribution in [0.15, 0.2) is 35.3 Å². The van der Waals surface area contributed by atoms with Gasteiger partial charge < -0.3 is 30.2 Å². The summed E-state index contributed by atoms with van der Waals surface area (Å²) in [4.78, 5) is 13.3. The van der Waals surface area contributed by atoms with Crippen LogP contribution in [0.4, 0.5) is 5.69 Å². The van der Waals surface area contributed by atoms with Crippen molar-refractivity contribution >= 4 is 22.5 Å². The van der Waals surface area contributed by atoms with E-state index >= 15 is 0 Å². The standard InChI is InChI=1S/C34H39N7O3/c35-19-37-32(36-10-14-40-11-1-2-12-40)38-22-6-7-25-23(16-22)24-17-34(43)27-15-21-5-8-26(42)30-28(21)33(34,31(44-30)29(24)39-25)9-13-41(27)18-20-3-4-20/h5-8,16,20,27,31,39,42-43H,1-4,9-15,17-18H2,(H2,36,37,38)/t27?,31?,33-,34+/m0/s1. The van der Waals surface area contributed by atoms with Crippen molar-refractivity contribution in [2.75, 3.05) is 44.6 Å². The van der Waals surface area contributed by atoms with E-state index in [4.69, 9.17) is 4.74 Å². The zero-order chi connectivity index (χ0) is 29.6. The molecule has 4 atom stereocenters. The van der Waals surface area contributed by atoms with Crippen LogP contribution < -0.4 is 15.4 Å². The van der Waals surface area contributed by atoms with E-state index in [9.17, 15) is 15.5 Å². The Kier molecular flexibility index (Phi) is 5.81. The Morgan fingerprint density at radius 1 is 1.18 bits per heavy atom. The van der Waals surface area contributed by atoms with Gasteiger partial charge in [-0.25, -0.2) is 0 Å². The number of nitrogens with one attached hydrogen (secondary N) is 3. The average molecular weight is 594 g/mol. The van der Waals surface area contributed by atoms with Gasteiger partial charge in [-0.15, -0.1) is 0 Å². The highest BCUT2D eigenvalue weighted by atomic mass is 16.5. The molecule has 228 valence electrons. The Labute approximate surface area is 256 Å². The molecule has 2 saturated heterocycles. The van der Waals surface area contributed by atoms with Gasteiger partial charge in [0.2, 0.25) is 5.96 Å².